The second-order valence-electron chi connectivity index (χ2n) is 6.35. The first kappa shape index (κ1) is 15.6. The molecule has 1 amide bonds. The van der Waals surface area contributed by atoms with Gasteiger partial charge in [-0.25, -0.2) is 9.48 Å². The van der Waals surface area contributed by atoms with Crippen molar-refractivity contribution in [3.05, 3.63) is 16.3 Å². The van der Waals surface area contributed by atoms with Crippen molar-refractivity contribution in [2.45, 2.75) is 32.2 Å². The summed E-state index contributed by atoms with van der Waals surface area (Å²) in [6, 6.07) is 0. The van der Waals surface area contributed by atoms with E-state index in [1.807, 2.05) is 4.90 Å². The lowest BCUT2D eigenvalue weighted by Gasteiger charge is -2.33. The molecule has 2 heterocycles. The highest BCUT2D eigenvalue weighted by molar-refractivity contribution is 5.64. The first-order valence-electron chi connectivity index (χ1n) is 7.96. The van der Waals surface area contributed by atoms with Crippen LogP contribution < -0.4 is 10.2 Å². The first-order chi connectivity index (χ1) is 11.0. The van der Waals surface area contributed by atoms with Crippen LogP contribution in [-0.4, -0.2) is 45.5 Å². The van der Waals surface area contributed by atoms with Crippen molar-refractivity contribution < 1.29 is 14.8 Å². The van der Waals surface area contributed by atoms with Gasteiger partial charge in [0, 0.05) is 26.2 Å². The number of hydrogen-bond acceptors (Lipinski definition) is 5. The number of carboxylic acid groups (broad SMARTS) is 1. The molecule has 9 heteroatoms. The van der Waals surface area contributed by atoms with Crippen molar-refractivity contribution in [3.8, 4) is 0 Å². The molecule has 1 aromatic rings. The monoisotopic (exact) mass is 323 g/mol. The Labute approximate surface area is 133 Å². The Balaban J connectivity index is 1.67. The lowest BCUT2D eigenvalue weighted by atomic mass is 9.97. The Morgan fingerprint density at radius 3 is 2.61 bits per heavy atom. The summed E-state index contributed by atoms with van der Waals surface area (Å²) >= 11 is 0. The maximum absolute atomic E-state index is 11.3. The molecular formula is C14H21N5O4. The molecule has 2 N–H and O–H groups in total. The standard InChI is InChI=1S/C14H21N5O4/c20-14(21)15-7-10-3-5-17(6-4-10)13-12(19(22)23)8-16-18(13)9-11-1-2-11/h8,10-11,15H,1-7,9H2,(H,20,21). The maximum Gasteiger partial charge on any atom is 0.404 e. The maximum atomic E-state index is 11.3. The zero-order valence-corrected chi connectivity index (χ0v) is 12.8. The average molecular weight is 323 g/mol. The van der Waals surface area contributed by atoms with Gasteiger partial charge >= 0.3 is 11.8 Å². The molecule has 1 saturated carbocycles. The van der Waals surface area contributed by atoms with Gasteiger partial charge in [0.15, 0.2) is 0 Å². The molecule has 126 valence electrons. The molecule has 2 aliphatic rings. The lowest BCUT2D eigenvalue weighted by Crippen LogP contribution is -2.39. The minimum atomic E-state index is -1.01. The van der Waals surface area contributed by atoms with Crippen molar-refractivity contribution in [1.29, 1.82) is 0 Å². The van der Waals surface area contributed by atoms with Crippen LogP contribution in [0.2, 0.25) is 0 Å². The van der Waals surface area contributed by atoms with Gasteiger partial charge in [-0.15, -0.1) is 0 Å². The molecule has 9 nitrogen and oxygen atoms in total. The van der Waals surface area contributed by atoms with Gasteiger partial charge in [-0.3, -0.25) is 10.1 Å². The van der Waals surface area contributed by atoms with Gasteiger partial charge in [-0.05, 0) is 37.5 Å². The van der Waals surface area contributed by atoms with Crippen molar-refractivity contribution in [3.63, 3.8) is 0 Å². The molecule has 1 aromatic heterocycles. The SMILES string of the molecule is O=C(O)NCC1CCN(c2c([N+](=O)[O-])cnn2CC2CC2)CC1. The van der Waals surface area contributed by atoms with E-state index in [1.54, 1.807) is 4.68 Å². The predicted molar refractivity (Wildman–Crippen MR) is 82.6 cm³/mol. The number of nitrogens with one attached hydrogen (secondary N) is 1. The van der Waals surface area contributed by atoms with E-state index >= 15 is 0 Å². The zero-order valence-electron chi connectivity index (χ0n) is 12.8. The summed E-state index contributed by atoms with van der Waals surface area (Å²) in [7, 11) is 0. The van der Waals surface area contributed by atoms with Gasteiger partial charge in [-0.1, -0.05) is 0 Å². The molecule has 0 radical (unpaired) electrons. The Kier molecular flexibility index (Phi) is 4.35. The summed E-state index contributed by atoms with van der Waals surface area (Å²) < 4.78 is 1.77. The highest BCUT2D eigenvalue weighted by atomic mass is 16.6. The van der Waals surface area contributed by atoms with Crippen LogP contribution in [0.5, 0.6) is 0 Å². The van der Waals surface area contributed by atoms with Crippen LogP contribution in [-0.2, 0) is 6.54 Å². The number of hydrogen-bond donors (Lipinski definition) is 2. The normalized spacial score (nSPS) is 18.9. The van der Waals surface area contributed by atoms with Gasteiger partial charge in [0.05, 0.1) is 4.92 Å². The van der Waals surface area contributed by atoms with Crippen molar-refractivity contribution >= 4 is 17.6 Å². The van der Waals surface area contributed by atoms with Crippen molar-refractivity contribution in [2.24, 2.45) is 11.8 Å². The zero-order chi connectivity index (χ0) is 16.4. The summed E-state index contributed by atoms with van der Waals surface area (Å²) in [6.45, 7) is 2.54. The summed E-state index contributed by atoms with van der Waals surface area (Å²) in [4.78, 5) is 23.5. The molecule has 0 bridgehead atoms. The second-order valence-corrected chi connectivity index (χ2v) is 6.35. The third kappa shape index (κ3) is 3.72. The fourth-order valence-electron chi connectivity index (χ4n) is 3.08. The quantitative estimate of drug-likeness (QED) is 0.608. The summed E-state index contributed by atoms with van der Waals surface area (Å²) in [5.74, 6) is 1.47. The molecular weight excluding hydrogens is 302 g/mol. The molecule has 0 aromatic carbocycles. The highest BCUT2D eigenvalue weighted by Crippen LogP contribution is 2.36. The highest BCUT2D eigenvalue weighted by Gasteiger charge is 2.32. The largest absolute Gasteiger partial charge is 0.465 e. The topological polar surface area (TPSA) is 114 Å². The number of piperidine rings is 1. The molecule has 1 saturated heterocycles. The van der Waals surface area contributed by atoms with Gasteiger partial charge in [-0.2, -0.15) is 5.10 Å². The Hall–Kier alpha value is -2.32. The van der Waals surface area contributed by atoms with E-state index in [1.165, 1.54) is 6.20 Å². The van der Waals surface area contributed by atoms with Crippen molar-refractivity contribution in [2.75, 3.05) is 24.5 Å². The average Bonchev–Trinajstić information content (AvgIpc) is 3.23. The van der Waals surface area contributed by atoms with E-state index in [-0.39, 0.29) is 16.5 Å². The third-order valence-electron chi connectivity index (χ3n) is 4.57. The van der Waals surface area contributed by atoms with E-state index in [9.17, 15) is 14.9 Å². The summed E-state index contributed by atoms with van der Waals surface area (Å²) in [5, 5.41) is 26.6. The second kappa shape index (κ2) is 6.43. The number of anilines is 1. The predicted octanol–water partition coefficient (Wildman–Crippen LogP) is 1.69. The Bertz CT molecular complexity index is 590. The minimum absolute atomic E-state index is 0.0627. The number of amides is 1. The number of aromatic nitrogens is 2. The number of carbonyl (C=O) groups is 1. The molecule has 1 aliphatic carbocycles. The summed E-state index contributed by atoms with van der Waals surface area (Å²) in [5.41, 5.74) is 0.0627. The van der Waals surface area contributed by atoms with Gasteiger partial charge in [0.25, 0.3) is 0 Å². The molecule has 2 fully saturated rings. The minimum Gasteiger partial charge on any atom is -0.465 e. The lowest BCUT2D eigenvalue weighted by molar-refractivity contribution is -0.384. The van der Waals surface area contributed by atoms with Crippen LogP contribution in [0.1, 0.15) is 25.7 Å². The molecule has 0 unspecified atom stereocenters. The van der Waals surface area contributed by atoms with Crippen LogP contribution in [0.15, 0.2) is 6.20 Å². The van der Waals surface area contributed by atoms with E-state index in [2.05, 4.69) is 10.4 Å². The molecule has 0 atom stereocenters. The third-order valence-corrected chi connectivity index (χ3v) is 4.57. The molecule has 3 rings (SSSR count). The molecule has 23 heavy (non-hydrogen) atoms. The van der Waals surface area contributed by atoms with Gasteiger partial charge in [0.2, 0.25) is 5.82 Å². The van der Waals surface area contributed by atoms with E-state index in [0.29, 0.717) is 31.4 Å². The molecule has 0 spiro atoms. The fourth-order valence-corrected chi connectivity index (χ4v) is 3.08. The summed E-state index contributed by atoms with van der Waals surface area (Å²) in [6.07, 6.45) is 4.28. The van der Waals surface area contributed by atoms with Crippen molar-refractivity contribution in [1.82, 2.24) is 15.1 Å². The van der Waals surface area contributed by atoms with Crippen LogP contribution in [0.25, 0.3) is 0 Å². The van der Waals surface area contributed by atoms with Crippen LogP contribution >= 0.6 is 0 Å². The van der Waals surface area contributed by atoms with Gasteiger partial charge < -0.3 is 15.3 Å². The molecule has 1 aliphatic heterocycles. The van der Waals surface area contributed by atoms with E-state index in [4.69, 9.17) is 5.11 Å². The number of nitrogens with zero attached hydrogens (tertiary/aromatic N) is 4. The smallest absolute Gasteiger partial charge is 0.404 e. The van der Waals surface area contributed by atoms with Crippen LogP contribution in [0.3, 0.4) is 0 Å². The fraction of sp³-hybridized carbons (Fsp3) is 0.714. The Morgan fingerprint density at radius 1 is 1.35 bits per heavy atom. The van der Waals surface area contributed by atoms with E-state index < -0.39 is 6.09 Å². The first-order valence-corrected chi connectivity index (χ1v) is 7.96. The van der Waals surface area contributed by atoms with Crippen LogP contribution in [0.4, 0.5) is 16.3 Å². The van der Waals surface area contributed by atoms with E-state index in [0.717, 1.165) is 32.2 Å². The van der Waals surface area contributed by atoms with Gasteiger partial charge in [0.1, 0.15) is 6.20 Å². The van der Waals surface area contributed by atoms with Crippen LogP contribution in [0, 0.1) is 22.0 Å². The Morgan fingerprint density at radius 2 is 2.04 bits per heavy atom. The number of rotatable bonds is 6. The number of nitro groups is 1.